The van der Waals surface area contributed by atoms with Crippen molar-refractivity contribution in [2.45, 2.75) is 0 Å². The standard InChI is InChI=1S/C56H35NOSi/c1-3-14-40-34(10-1)12-7-17-42(40)36-23-28-51-49(30-36)50-31-37(43-18-8-13-35-11-2-4-15-41(35)43)24-29-52(50)57(51)39-25-27-47-46-26-22-38(32-54(46)59-55(47)33-39)44-19-9-20-48-45-16-5-6-21-53(45)58-56(44)48/h1-33H,59H2. The first kappa shape index (κ1) is 32.6. The normalized spacial score (nSPS) is 12.7. The highest BCUT2D eigenvalue weighted by atomic mass is 28.2. The molecule has 2 nitrogen and oxygen atoms in total. The Hall–Kier alpha value is -7.46. The van der Waals surface area contributed by atoms with Gasteiger partial charge < -0.3 is 8.98 Å². The second-order valence-electron chi connectivity index (χ2n) is 16.0. The Morgan fingerprint density at radius 1 is 0.339 bits per heavy atom. The quantitative estimate of drug-likeness (QED) is 0.163. The lowest BCUT2D eigenvalue weighted by molar-refractivity contribution is 0.670. The summed E-state index contributed by atoms with van der Waals surface area (Å²) in [7, 11) is -0.741. The van der Waals surface area contributed by atoms with Crippen molar-refractivity contribution in [2.24, 2.45) is 0 Å². The van der Waals surface area contributed by atoms with Gasteiger partial charge in [-0.15, -0.1) is 0 Å². The lowest BCUT2D eigenvalue weighted by Gasteiger charge is -2.12. The zero-order valence-electron chi connectivity index (χ0n) is 32.1. The molecule has 2 aromatic heterocycles. The second kappa shape index (κ2) is 12.5. The van der Waals surface area contributed by atoms with Gasteiger partial charge in [0.05, 0.1) is 20.6 Å². The van der Waals surface area contributed by atoms with Crippen molar-refractivity contribution in [3.63, 3.8) is 0 Å². The summed E-state index contributed by atoms with van der Waals surface area (Å²) in [6.07, 6.45) is 0. The minimum atomic E-state index is -0.741. The minimum absolute atomic E-state index is 0.741. The molecule has 1 aliphatic heterocycles. The molecule has 0 amide bonds. The number of fused-ring (bicyclic) bond motifs is 11. The van der Waals surface area contributed by atoms with Crippen LogP contribution in [0.2, 0.25) is 0 Å². The first-order chi connectivity index (χ1) is 29.2. The molecule has 13 rings (SSSR count). The van der Waals surface area contributed by atoms with E-state index in [2.05, 4.69) is 199 Å². The number of hydrogen-bond donors (Lipinski definition) is 0. The molecule has 0 fully saturated rings. The van der Waals surface area contributed by atoms with Crippen molar-refractivity contribution in [3.8, 4) is 50.2 Å². The van der Waals surface area contributed by atoms with Crippen LogP contribution < -0.4 is 10.4 Å². The summed E-state index contributed by atoms with van der Waals surface area (Å²) >= 11 is 0. The summed E-state index contributed by atoms with van der Waals surface area (Å²) in [6.45, 7) is 0. The molecule has 12 aromatic rings. The van der Waals surface area contributed by atoms with E-state index < -0.39 is 9.52 Å². The van der Waals surface area contributed by atoms with Gasteiger partial charge in [-0.2, -0.15) is 0 Å². The lowest BCUT2D eigenvalue weighted by Crippen LogP contribution is -2.21. The van der Waals surface area contributed by atoms with E-state index >= 15 is 0 Å². The topological polar surface area (TPSA) is 18.1 Å². The SMILES string of the molecule is c1ccc2c(-c3ccc4c(c3)c3cc(-c5cccc6ccccc56)ccc3n4-c3ccc4c(c3)[SiH2]c3cc(-c5cccc6c5oc5ccccc56)ccc3-4)cccc2c1. The summed E-state index contributed by atoms with van der Waals surface area (Å²) in [5.74, 6) is 0. The van der Waals surface area contributed by atoms with Gasteiger partial charge in [0.2, 0.25) is 0 Å². The monoisotopic (exact) mass is 765 g/mol. The van der Waals surface area contributed by atoms with Crippen LogP contribution in [-0.4, -0.2) is 14.1 Å². The van der Waals surface area contributed by atoms with Gasteiger partial charge in [-0.25, -0.2) is 0 Å². The number of furan rings is 1. The largest absolute Gasteiger partial charge is 0.455 e. The van der Waals surface area contributed by atoms with Crippen LogP contribution in [0.25, 0.3) is 115 Å². The molecule has 3 heterocycles. The van der Waals surface area contributed by atoms with E-state index in [9.17, 15) is 0 Å². The first-order valence-electron chi connectivity index (χ1n) is 20.5. The van der Waals surface area contributed by atoms with Gasteiger partial charge in [-0.1, -0.05) is 168 Å². The molecule has 10 aromatic carbocycles. The van der Waals surface area contributed by atoms with E-state index in [-0.39, 0.29) is 0 Å². The highest BCUT2D eigenvalue weighted by molar-refractivity contribution is 6.73. The van der Waals surface area contributed by atoms with Crippen molar-refractivity contribution in [2.75, 3.05) is 0 Å². The molecule has 0 bridgehead atoms. The van der Waals surface area contributed by atoms with Crippen LogP contribution >= 0.6 is 0 Å². The van der Waals surface area contributed by atoms with Crippen molar-refractivity contribution in [1.29, 1.82) is 0 Å². The molecule has 0 saturated carbocycles. The zero-order valence-corrected chi connectivity index (χ0v) is 33.5. The predicted octanol–water partition coefficient (Wildman–Crippen LogP) is 13.1. The van der Waals surface area contributed by atoms with Crippen LogP contribution in [0.1, 0.15) is 0 Å². The minimum Gasteiger partial charge on any atom is -0.455 e. The molecule has 0 atom stereocenters. The van der Waals surface area contributed by atoms with E-state index in [1.54, 1.807) is 0 Å². The van der Waals surface area contributed by atoms with Crippen LogP contribution in [0, 0.1) is 0 Å². The molecule has 0 aliphatic carbocycles. The predicted molar refractivity (Wildman–Crippen MR) is 253 cm³/mol. The average Bonchev–Trinajstić information content (AvgIpc) is 3.97. The van der Waals surface area contributed by atoms with Crippen LogP contribution in [-0.2, 0) is 0 Å². The molecule has 1 aliphatic rings. The Kier molecular flexibility index (Phi) is 6.92. The summed E-state index contributed by atoms with van der Waals surface area (Å²) in [5, 5.41) is 12.9. The molecule has 0 spiro atoms. The highest BCUT2D eigenvalue weighted by Crippen LogP contribution is 2.41. The Morgan fingerprint density at radius 3 is 1.54 bits per heavy atom. The Labute approximate surface area is 343 Å². The van der Waals surface area contributed by atoms with E-state index in [1.165, 1.54) is 109 Å². The fraction of sp³-hybridized carbons (Fsp3) is 0. The highest BCUT2D eigenvalue weighted by Gasteiger charge is 2.23. The van der Waals surface area contributed by atoms with Gasteiger partial charge in [0.1, 0.15) is 11.2 Å². The zero-order chi connectivity index (χ0) is 38.6. The molecule has 59 heavy (non-hydrogen) atoms. The van der Waals surface area contributed by atoms with Gasteiger partial charge in [-0.3, -0.25) is 0 Å². The third-order valence-corrected chi connectivity index (χ3v) is 14.7. The number of nitrogens with zero attached hydrogens (tertiary/aromatic N) is 1. The summed E-state index contributed by atoms with van der Waals surface area (Å²) < 4.78 is 8.95. The maximum Gasteiger partial charge on any atom is 0.143 e. The Bertz CT molecular complexity index is 3570. The van der Waals surface area contributed by atoms with Gasteiger partial charge >= 0.3 is 0 Å². The summed E-state index contributed by atoms with van der Waals surface area (Å²) in [5.41, 5.74) is 15.7. The first-order valence-corrected chi connectivity index (χ1v) is 21.9. The molecule has 0 N–H and O–H groups in total. The third-order valence-electron chi connectivity index (χ3n) is 12.8. The van der Waals surface area contributed by atoms with Crippen molar-refractivity contribution in [3.05, 3.63) is 200 Å². The van der Waals surface area contributed by atoms with Gasteiger partial charge in [0.15, 0.2) is 0 Å². The van der Waals surface area contributed by atoms with Gasteiger partial charge in [0.25, 0.3) is 0 Å². The number of rotatable bonds is 4. The Balaban J connectivity index is 0.960. The van der Waals surface area contributed by atoms with Crippen molar-refractivity contribution >= 4 is 85.2 Å². The molecular weight excluding hydrogens is 731 g/mol. The lowest BCUT2D eigenvalue weighted by atomic mass is 9.95. The number of para-hydroxylation sites is 2. The number of hydrogen-bond acceptors (Lipinski definition) is 1. The van der Waals surface area contributed by atoms with Crippen molar-refractivity contribution < 1.29 is 4.42 Å². The van der Waals surface area contributed by atoms with Crippen LogP contribution in [0.4, 0.5) is 0 Å². The van der Waals surface area contributed by atoms with Gasteiger partial charge in [-0.05, 0) is 103 Å². The van der Waals surface area contributed by atoms with E-state index in [4.69, 9.17) is 4.42 Å². The van der Waals surface area contributed by atoms with E-state index in [0.717, 1.165) is 16.7 Å². The van der Waals surface area contributed by atoms with Crippen LogP contribution in [0.3, 0.4) is 0 Å². The summed E-state index contributed by atoms with van der Waals surface area (Å²) in [6, 6.07) is 74.0. The smallest absolute Gasteiger partial charge is 0.143 e. The molecule has 0 radical (unpaired) electrons. The molecule has 0 saturated heterocycles. The maximum absolute atomic E-state index is 6.46. The Morgan fingerprint density at radius 2 is 0.847 bits per heavy atom. The van der Waals surface area contributed by atoms with E-state index in [0.29, 0.717) is 0 Å². The van der Waals surface area contributed by atoms with Crippen molar-refractivity contribution in [1.82, 2.24) is 4.57 Å². The fourth-order valence-electron chi connectivity index (χ4n) is 10.1. The molecule has 3 heteroatoms. The molecular formula is C56H35NOSi. The third kappa shape index (κ3) is 4.92. The maximum atomic E-state index is 6.46. The van der Waals surface area contributed by atoms with E-state index in [1.807, 2.05) is 6.07 Å². The van der Waals surface area contributed by atoms with Crippen LogP contribution in [0.5, 0.6) is 0 Å². The van der Waals surface area contributed by atoms with Crippen LogP contribution in [0.15, 0.2) is 205 Å². The second-order valence-corrected chi connectivity index (χ2v) is 17.9. The molecule has 0 unspecified atom stereocenters. The average molecular weight is 766 g/mol. The van der Waals surface area contributed by atoms with Gasteiger partial charge in [0, 0.05) is 32.8 Å². The summed E-state index contributed by atoms with van der Waals surface area (Å²) in [4.78, 5) is 0. The fourth-order valence-corrected chi connectivity index (χ4v) is 12.1. The number of benzene rings is 10. The number of aromatic nitrogens is 1. The molecule has 274 valence electrons.